The second kappa shape index (κ2) is 22.2. The molecule has 0 bridgehead atoms. The number of pyridine rings is 2. The Labute approximate surface area is 363 Å². The lowest BCUT2D eigenvalue weighted by Gasteiger charge is -2.23. The van der Waals surface area contributed by atoms with Crippen molar-refractivity contribution < 1.29 is 9.59 Å². The second-order valence-electron chi connectivity index (χ2n) is 14.8. The minimum absolute atomic E-state index is 0.000705. The highest BCUT2D eigenvalue weighted by Crippen LogP contribution is 2.20. The molecule has 4 aromatic carbocycles. The molecule has 10 nitrogen and oxygen atoms in total. The van der Waals surface area contributed by atoms with Crippen molar-refractivity contribution in [2.24, 2.45) is 0 Å². The zero-order chi connectivity index (χ0) is 43.0. The van der Waals surface area contributed by atoms with Crippen LogP contribution in [0.3, 0.4) is 0 Å². The summed E-state index contributed by atoms with van der Waals surface area (Å²) in [6.07, 6.45) is 5.67. The van der Waals surface area contributed by atoms with Crippen LogP contribution in [-0.2, 0) is 39.3 Å². The van der Waals surface area contributed by atoms with Crippen LogP contribution in [0.4, 0.5) is 0 Å². The number of carbonyl (C=O) groups is 2. The Morgan fingerprint density at radius 2 is 1.07 bits per heavy atom. The number of nitrogens with zero attached hydrogens (tertiary/aromatic N) is 7. The molecule has 0 aliphatic heterocycles. The molecule has 1 amide bonds. The molecule has 0 saturated carbocycles. The van der Waals surface area contributed by atoms with Gasteiger partial charge in [-0.25, -0.2) is 19.9 Å². The molecule has 0 spiro atoms. The summed E-state index contributed by atoms with van der Waals surface area (Å²) >= 11 is 5.16. The fraction of sp³-hybridized carbons (Fsp3) is 0.240. The van der Waals surface area contributed by atoms with Crippen molar-refractivity contribution in [2.75, 3.05) is 0 Å². The number of hydrogen-bond acceptors (Lipinski definition) is 7. The first kappa shape index (κ1) is 44.1. The van der Waals surface area contributed by atoms with Crippen LogP contribution in [-0.4, -0.2) is 45.1 Å². The predicted octanol–water partition coefficient (Wildman–Crippen LogP) is 10.5. The minimum Gasteiger partial charge on any atom is -0.327 e. The summed E-state index contributed by atoms with van der Waals surface area (Å²) in [7, 11) is 0. The fourth-order valence-electron chi connectivity index (χ4n) is 6.82. The van der Waals surface area contributed by atoms with Gasteiger partial charge in [-0.2, -0.15) is 0 Å². The highest BCUT2D eigenvalue weighted by molar-refractivity contribution is 6.67. The summed E-state index contributed by atoms with van der Waals surface area (Å²) in [6.45, 7) is 12.8. The predicted molar refractivity (Wildman–Crippen MR) is 245 cm³/mol. The number of hydrogen-bond donors (Lipinski definition) is 1. The van der Waals surface area contributed by atoms with Crippen molar-refractivity contribution in [2.45, 2.75) is 79.8 Å². The van der Waals surface area contributed by atoms with Gasteiger partial charge in [0.25, 0.3) is 11.1 Å². The molecule has 4 heterocycles. The number of benzene rings is 4. The number of carbonyl (C=O) groups excluding carboxylic acids is 2. The highest BCUT2D eigenvalue weighted by atomic mass is 35.5. The van der Waals surface area contributed by atoms with Gasteiger partial charge in [-0.05, 0) is 85.8 Å². The molecule has 61 heavy (non-hydrogen) atoms. The molecule has 1 N–H and O–H groups in total. The van der Waals surface area contributed by atoms with Gasteiger partial charge in [0.05, 0.1) is 13.1 Å². The lowest BCUT2D eigenvalue weighted by Crippen LogP contribution is -2.31. The topological polar surface area (TPSA) is 111 Å². The quantitative estimate of drug-likeness (QED) is 0.109. The Morgan fingerprint density at radius 1 is 0.574 bits per heavy atom. The van der Waals surface area contributed by atoms with Crippen LogP contribution in [0.15, 0.2) is 146 Å². The highest BCUT2D eigenvalue weighted by Gasteiger charge is 2.21. The van der Waals surface area contributed by atoms with E-state index < -0.39 is 5.24 Å². The van der Waals surface area contributed by atoms with E-state index in [0.29, 0.717) is 24.2 Å². The number of halogens is 1. The second-order valence-corrected chi connectivity index (χ2v) is 15.1. The Balaban J connectivity index is 0.000000175. The summed E-state index contributed by atoms with van der Waals surface area (Å²) in [5, 5.41) is 3.08. The van der Waals surface area contributed by atoms with Crippen molar-refractivity contribution in [3.05, 3.63) is 191 Å². The SMILES string of the molecule is CCCn1c(CN(Cc2ccc(C)cc2)C(=O)c2ccccc2)nc2cccnc21.CCCn1c(CNCc2ccc(C)cc2)nc2cccnc21.O=C(Cl)c1ccccc1. The number of amides is 1. The first-order chi connectivity index (χ1) is 29.7. The van der Waals surface area contributed by atoms with E-state index in [1.54, 1.807) is 30.5 Å². The number of aromatic nitrogens is 6. The molecule has 8 rings (SSSR count). The molecule has 0 radical (unpaired) electrons. The molecule has 0 unspecified atom stereocenters. The Kier molecular flexibility index (Phi) is 16.0. The van der Waals surface area contributed by atoms with E-state index in [2.05, 4.69) is 101 Å². The molecule has 0 aliphatic carbocycles. The van der Waals surface area contributed by atoms with Crippen LogP contribution in [0.5, 0.6) is 0 Å². The van der Waals surface area contributed by atoms with E-state index in [-0.39, 0.29) is 5.91 Å². The van der Waals surface area contributed by atoms with Crippen molar-refractivity contribution >= 4 is 45.1 Å². The van der Waals surface area contributed by atoms with Gasteiger partial charge in [0.1, 0.15) is 22.7 Å². The van der Waals surface area contributed by atoms with E-state index >= 15 is 0 Å². The lowest BCUT2D eigenvalue weighted by atomic mass is 10.1. The van der Waals surface area contributed by atoms with Crippen LogP contribution in [0.1, 0.15) is 81.3 Å². The molecule has 8 aromatic rings. The monoisotopic (exact) mass is 832 g/mol. The van der Waals surface area contributed by atoms with E-state index in [1.165, 1.54) is 16.7 Å². The van der Waals surface area contributed by atoms with Gasteiger partial charge in [-0.3, -0.25) is 9.59 Å². The molecule has 0 fully saturated rings. The third kappa shape index (κ3) is 12.3. The number of fused-ring (bicyclic) bond motifs is 2. The minimum atomic E-state index is -0.407. The van der Waals surface area contributed by atoms with Gasteiger partial charge < -0.3 is 19.4 Å². The van der Waals surface area contributed by atoms with Gasteiger partial charge in [-0.1, -0.05) is 122 Å². The molecule has 0 saturated heterocycles. The van der Waals surface area contributed by atoms with Crippen molar-refractivity contribution in [3.8, 4) is 0 Å². The summed E-state index contributed by atoms with van der Waals surface area (Å²) in [4.78, 5) is 44.2. The van der Waals surface area contributed by atoms with Gasteiger partial charge in [0.15, 0.2) is 11.3 Å². The number of aryl methyl sites for hydroxylation is 4. The first-order valence-electron chi connectivity index (χ1n) is 20.7. The van der Waals surface area contributed by atoms with Gasteiger partial charge >= 0.3 is 0 Å². The zero-order valence-electron chi connectivity index (χ0n) is 35.3. The Morgan fingerprint density at radius 3 is 1.57 bits per heavy atom. The summed E-state index contributed by atoms with van der Waals surface area (Å²) in [5.41, 5.74) is 9.80. The third-order valence-electron chi connectivity index (χ3n) is 9.93. The third-order valence-corrected chi connectivity index (χ3v) is 10.1. The molecule has 0 atom stereocenters. The number of rotatable bonds is 14. The summed E-state index contributed by atoms with van der Waals surface area (Å²) in [5.74, 6) is 1.92. The zero-order valence-corrected chi connectivity index (χ0v) is 36.1. The lowest BCUT2D eigenvalue weighted by molar-refractivity contribution is 0.0723. The molecule has 312 valence electrons. The van der Waals surface area contributed by atoms with E-state index in [0.717, 1.165) is 78.6 Å². The number of imidazole rings is 2. The van der Waals surface area contributed by atoms with Crippen LogP contribution < -0.4 is 5.32 Å². The molecule has 11 heteroatoms. The van der Waals surface area contributed by atoms with E-state index in [1.807, 2.05) is 71.8 Å². The maximum absolute atomic E-state index is 13.4. The first-order valence-corrected chi connectivity index (χ1v) is 21.1. The van der Waals surface area contributed by atoms with Crippen LogP contribution >= 0.6 is 11.6 Å². The van der Waals surface area contributed by atoms with Crippen molar-refractivity contribution in [1.82, 2.24) is 39.3 Å². The van der Waals surface area contributed by atoms with Gasteiger partial charge in [-0.15, -0.1) is 0 Å². The normalized spacial score (nSPS) is 10.8. The average molecular weight is 833 g/mol. The standard InChI is InChI=1S/C25H26N4O.C18H22N4.C7H5ClO/c1-3-16-29-23(27-22-10-7-15-26-24(22)29)18-28(17-20-13-11-19(2)12-14-20)25(30)21-8-5-4-6-9-21;1-3-11-22-17(21-16-5-4-10-20-18(16)22)13-19-12-15-8-6-14(2)7-9-15;8-7(9)6-4-2-1-3-5-6/h4-15H,3,16-18H2,1-2H3;4-10,19H,3,11-13H2,1-2H3;1-5H. The van der Waals surface area contributed by atoms with Crippen molar-refractivity contribution in [3.63, 3.8) is 0 Å². The van der Waals surface area contributed by atoms with Gasteiger partial charge in [0.2, 0.25) is 0 Å². The van der Waals surface area contributed by atoms with Crippen molar-refractivity contribution in [1.29, 1.82) is 0 Å². The maximum Gasteiger partial charge on any atom is 0.254 e. The fourth-order valence-corrected chi connectivity index (χ4v) is 6.95. The van der Waals surface area contributed by atoms with E-state index in [4.69, 9.17) is 21.6 Å². The summed E-state index contributed by atoms with van der Waals surface area (Å²) in [6, 6.07) is 43.0. The molecular weight excluding hydrogens is 780 g/mol. The average Bonchev–Trinajstić information content (AvgIpc) is 3.82. The Bertz CT molecular complexity index is 2610. The van der Waals surface area contributed by atoms with Crippen LogP contribution in [0, 0.1) is 13.8 Å². The summed E-state index contributed by atoms with van der Waals surface area (Å²) < 4.78 is 4.35. The smallest absolute Gasteiger partial charge is 0.254 e. The maximum atomic E-state index is 13.4. The van der Waals surface area contributed by atoms with Gasteiger partial charge in [0, 0.05) is 49.7 Å². The van der Waals surface area contributed by atoms with Crippen LogP contribution in [0.2, 0.25) is 0 Å². The number of nitrogens with one attached hydrogen (secondary N) is 1. The largest absolute Gasteiger partial charge is 0.327 e. The van der Waals surface area contributed by atoms with Crippen LogP contribution in [0.25, 0.3) is 22.3 Å². The molecule has 4 aromatic heterocycles. The van der Waals surface area contributed by atoms with E-state index in [9.17, 15) is 9.59 Å². The molecular formula is C50H53ClN8O2. The Hall–Kier alpha value is -6.49. The molecule has 0 aliphatic rings.